The molecule has 0 spiro atoms. The minimum Gasteiger partial charge on any atom is -0.457 e. The number of hydrogen-bond acceptors (Lipinski definition) is 9. The lowest BCUT2D eigenvalue weighted by atomic mass is 9.89. The second-order valence-electron chi connectivity index (χ2n) is 12.6. The van der Waals surface area contributed by atoms with Crippen LogP contribution in [0.1, 0.15) is 59.8 Å². The van der Waals surface area contributed by atoms with Gasteiger partial charge in [0, 0.05) is 57.5 Å². The van der Waals surface area contributed by atoms with Crippen molar-refractivity contribution < 1.29 is 38.8 Å². The Balaban J connectivity index is 1.66. The molecule has 6 atom stereocenters. The average molecular weight is 606 g/mol. The number of likely N-dealkylation sites (tertiary alicyclic amines) is 1. The van der Waals surface area contributed by atoms with Gasteiger partial charge < -0.3 is 39.1 Å². The van der Waals surface area contributed by atoms with Gasteiger partial charge in [0.15, 0.2) is 6.10 Å². The first-order valence-electron chi connectivity index (χ1n) is 15.5. The number of carbonyl (C=O) groups excluding carboxylic acids is 3. The number of β-amino-alcohol motifs (C(OH)–C–C–N with tert-alkyl or cyclic N) is 1. The lowest BCUT2D eigenvalue weighted by Gasteiger charge is -2.36. The highest BCUT2D eigenvalue weighted by molar-refractivity contribution is 5.70. The lowest BCUT2D eigenvalue weighted by molar-refractivity contribution is -0.149. The molecule has 43 heavy (non-hydrogen) atoms. The van der Waals surface area contributed by atoms with Gasteiger partial charge in [0.05, 0.1) is 12.7 Å². The number of esters is 1. The zero-order valence-electron chi connectivity index (χ0n) is 26.4. The van der Waals surface area contributed by atoms with E-state index in [1.165, 1.54) is 4.90 Å². The van der Waals surface area contributed by atoms with E-state index in [1.807, 2.05) is 52.1 Å². The van der Waals surface area contributed by atoms with Crippen molar-refractivity contribution in [3.8, 4) is 0 Å². The summed E-state index contributed by atoms with van der Waals surface area (Å²) in [6.45, 7) is 11.1. The summed E-state index contributed by atoms with van der Waals surface area (Å²) in [7, 11) is 2.01. The maximum absolute atomic E-state index is 13.0. The number of carbonyl (C=O) groups is 3. The van der Waals surface area contributed by atoms with Gasteiger partial charge >= 0.3 is 18.2 Å². The van der Waals surface area contributed by atoms with E-state index in [4.69, 9.17) is 14.2 Å². The third kappa shape index (κ3) is 11.0. The van der Waals surface area contributed by atoms with Crippen LogP contribution >= 0.6 is 0 Å². The summed E-state index contributed by atoms with van der Waals surface area (Å²) >= 11 is 0. The smallest absolute Gasteiger partial charge is 0.410 e. The van der Waals surface area contributed by atoms with Gasteiger partial charge in [-0.15, -0.1) is 0 Å². The van der Waals surface area contributed by atoms with Crippen LogP contribution in [0.3, 0.4) is 0 Å². The molecule has 11 nitrogen and oxygen atoms in total. The van der Waals surface area contributed by atoms with Crippen molar-refractivity contribution >= 4 is 18.2 Å². The van der Waals surface area contributed by atoms with Crippen LogP contribution in [0, 0.1) is 11.8 Å². The Kier molecular flexibility index (Phi) is 13.1. The molecule has 0 saturated carbocycles. The summed E-state index contributed by atoms with van der Waals surface area (Å²) in [5.41, 5.74) is -0.467. The quantitative estimate of drug-likeness (QED) is 0.202. The van der Waals surface area contributed by atoms with Crippen molar-refractivity contribution in [3.63, 3.8) is 0 Å². The van der Waals surface area contributed by atoms with E-state index >= 15 is 0 Å². The van der Waals surface area contributed by atoms with Crippen molar-refractivity contribution in [2.45, 2.75) is 83.7 Å². The number of hydrogen-bond donors (Lipinski definition) is 2. The van der Waals surface area contributed by atoms with E-state index in [1.54, 1.807) is 17.9 Å². The molecule has 3 heterocycles. The number of nitrogens with zero attached hydrogens (tertiary/aromatic N) is 3. The lowest BCUT2D eigenvalue weighted by Crippen LogP contribution is -2.50. The van der Waals surface area contributed by atoms with E-state index in [2.05, 4.69) is 4.90 Å². The second-order valence-corrected chi connectivity index (χ2v) is 12.6. The third-order valence-electron chi connectivity index (χ3n) is 8.38. The first-order chi connectivity index (χ1) is 20.4. The molecule has 0 aromatic rings. The number of likely N-dealkylation sites (N-methyl/N-ethyl adjacent to an activating group) is 1. The fourth-order valence-electron chi connectivity index (χ4n) is 5.38. The van der Waals surface area contributed by atoms with Crippen LogP contribution in [0.5, 0.6) is 0 Å². The molecule has 2 amide bonds. The summed E-state index contributed by atoms with van der Waals surface area (Å²) in [5, 5.41) is 20.9. The highest BCUT2D eigenvalue weighted by Crippen LogP contribution is 2.27. The number of amides is 2. The number of ether oxygens (including phenoxy) is 3. The number of cyclic esters (lactones) is 1. The van der Waals surface area contributed by atoms with Crippen molar-refractivity contribution in [2.24, 2.45) is 11.8 Å². The molecule has 0 aliphatic carbocycles. The highest BCUT2D eigenvalue weighted by atomic mass is 16.6. The fourth-order valence-corrected chi connectivity index (χ4v) is 5.38. The number of aliphatic hydroxyl groups is 2. The summed E-state index contributed by atoms with van der Waals surface area (Å²) in [6, 6.07) is 0. The van der Waals surface area contributed by atoms with Crippen LogP contribution in [0.4, 0.5) is 9.59 Å². The van der Waals surface area contributed by atoms with Crippen LogP contribution in [0.15, 0.2) is 36.0 Å². The molecule has 2 fully saturated rings. The first kappa shape index (κ1) is 34.6. The van der Waals surface area contributed by atoms with Crippen molar-refractivity contribution in [1.29, 1.82) is 0 Å². The summed E-state index contributed by atoms with van der Waals surface area (Å²) in [6.07, 6.45) is 8.76. The Bertz CT molecular complexity index is 1030. The molecular formula is C32H51N3O8. The number of allylic oxidation sites excluding steroid dienone is 2. The van der Waals surface area contributed by atoms with Crippen LogP contribution in [0.2, 0.25) is 0 Å². The molecule has 2 saturated heterocycles. The van der Waals surface area contributed by atoms with Gasteiger partial charge in [-0.25, -0.2) is 9.59 Å². The minimum atomic E-state index is -1.29. The molecule has 0 aromatic carbocycles. The van der Waals surface area contributed by atoms with Gasteiger partial charge in [-0.1, -0.05) is 38.2 Å². The second kappa shape index (κ2) is 16.3. The SMILES string of the molecule is C/C(=C\C=C\[C@@H](C)COC(=O)N1CC[C@@H](O)C1)[C@H]1OC(=O)CCCC[C@@](C)(O)[C@@H](OC(=O)N2CCN(C)CC2)/C=C\[C@@H]1C. The monoisotopic (exact) mass is 605 g/mol. The molecule has 0 unspecified atom stereocenters. The molecule has 0 aromatic heterocycles. The number of rotatable bonds is 6. The molecule has 11 heteroatoms. The molecule has 0 radical (unpaired) electrons. The minimum absolute atomic E-state index is 0.0466. The van der Waals surface area contributed by atoms with Crippen LogP contribution in [0.25, 0.3) is 0 Å². The highest BCUT2D eigenvalue weighted by Gasteiger charge is 2.35. The first-order valence-corrected chi connectivity index (χ1v) is 15.5. The Morgan fingerprint density at radius 3 is 2.53 bits per heavy atom. The molecule has 3 aliphatic heterocycles. The van der Waals surface area contributed by atoms with Crippen LogP contribution in [-0.4, -0.2) is 120 Å². The average Bonchev–Trinajstić information content (AvgIpc) is 3.40. The van der Waals surface area contributed by atoms with Crippen LogP contribution in [-0.2, 0) is 19.0 Å². The molecule has 0 bridgehead atoms. The van der Waals surface area contributed by atoms with Gasteiger partial charge in [0.2, 0.25) is 0 Å². The fraction of sp³-hybridized carbons (Fsp3) is 0.719. The van der Waals surface area contributed by atoms with Gasteiger partial charge in [0.1, 0.15) is 11.7 Å². The predicted molar refractivity (Wildman–Crippen MR) is 162 cm³/mol. The van der Waals surface area contributed by atoms with Gasteiger partial charge in [-0.05, 0) is 58.2 Å². The van der Waals surface area contributed by atoms with E-state index in [0.717, 1.165) is 18.7 Å². The topological polar surface area (TPSA) is 129 Å². The van der Waals surface area contributed by atoms with Gasteiger partial charge in [-0.3, -0.25) is 4.79 Å². The zero-order chi connectivity index (χ0) is 31.6. The third-order valence-corrected chi connectivity index (χ3v) is 8.38. The van der Waals surface area contributed by atoms with E-state index < -0.39 is 36.1 Å². The van der Waals surface area contributed by atoms with E-state index in [0.29, 0.717) is 51.9 Å². The molecular weight excluding hydrogens is 554 g/mol. The standard InChI is InChI=1S/C32H51N3O8/c1-23(22-41-30(38)35-16-14-26(36)21-35)9-8-10-24(2)29-25(3)12-13-27(32(4,40)15-7-6-11-28(37)43-29)42-31(39)34-19-17-33(5)18-20-34/h8-10,12-13,23,25-27,29,36,40H,6-7,11,14-22H2,1-5H3/b9-8+,13-12-,24-10+/t23-,25+,26-,27+,29-,32-/m1/s1. The van der Waals surface area contributed by atoms with Crippen molar-refractivity contribution in [3.05, 3.63) is 36.0 Å². The molecule has 3 rings (SSSR count). The summed E-state index contributed by atoms with van der Waals surface area (Å²) in [4.78, 5) is 43.2. The summed E-state index contributed by atoms with van der Waals surface area (Å²) < 4.78 is 17.1. The Labute approximate surface area is 256 Å². The summed E-state index contributed by atoms with van der Waals surface area (Å²) in [5.74, 6) is -0.606. The molecule has 2 N–H and O–H groups in total. The zero-order valence-corrected chi connectivity index (χ0v) is 26.4. The Morgan fingerprint density at radius 1 is 1.14 bits per heavy atom. The molecule has 3 aliphatic rings. The number of piperazine rings is 1. The Hall–Kier alpha value is -2.89. The van der Waals surface area contributed by atoms with Crippen molar-refractivity contribution in [1.82, 2.24) is 14.7 Å². The van der Waals surface area contributed by atoms with Gasteiger partial charge in [-0.2, -0.15) is 0 Å². The maximum atomic E-state index is 13.0. The molecule has 242 valence electrons. The largest absolute Gasteiger partial charge is 0.457 e. The predicted octanol–water partition coefficient (Wildman–Crippen LogP) is 3.51. The van der Waals surface area contributed by atoms with Crippen LogP contribution < -0.4 is 0 Å². The van der Waals surface area contributed by atoms with Crippen molar-refractivity contribution in [2.75, 3.05) is 52.9 Å². The van der Waals surface area contributed by atoms with E-state index in [9.17, 15) is 24.6 Å². The Morgan fingerprint density at radius 2 is 1.86 bits per heavy atom. The van der Waals surface area contributed by atoms with E-state index in [-0.39, 0.29) is 30.8 Å². The normalized spacial score (nSPS) is 31.6. The number of aliphatic hydroxyl groups excluding tert-OH is 1. The maximum Gasteiger partial charge on any atom is 0.410 e. The van der Waals surface area contributed by atoms with Gasteiger partial charge in [0.25, 0.3) is 0 Å².